The third-order valence-electron chi connectivity index (χ3n) is 3.02. The summed E-state index contributed by atoms with van der Waals surface area (Å²) in [6, 6.07) is 2.47. The molecule has 0 aliphatic carbocycles. The maximum atomic E-state index is 14.6. The number of rotatable bonds is 5. The molecular weight excluding hydrogens is 317 g/mol. The van der Waals surface area contributed by atoms with Crippen LogP contribution in [-0.2, 0) is 10.9 Å². The average molecular weight is 330 g/mol. The molecule has 0 amide bonds. The Bertz CT molecular complexity index is 705. The average Bonchev–Trinajstić information content (AvgIpc) is 2.50. The Labute approximate surface area is 130 Å². The highest BCUT2D eigenvalue weighted by molar-refractivity contribution is 5.49. The number of alkyl halides is 2. The van der Waals surface area contributed by atoms with Crippen LogP contribution >= 0.6 is 0 Å². The number of hydrogen-bond donors (Lipinski definition) is 0. The van der Waals surface area contributed by atoms with Gasteiger partial charge in [-0.1, -0.05) is 12.1 Å². The summed E-state index contributed by atoms with van der Waals surface area (Å²) in [4.78, 5) is 4.90. The van der Waals surface area contributed by atoms with Gasteiger partial charge in [-0.2, -0.15) is 13.8 Å². The van der Waals surface area contributed by atoms with Crippen molar-refractivity contribution in [3.8, 4) is 0 Å². The smallest absolute Gasteiger partial charge is 0.268 e. The molecule has 0 aliphatic rings. The highest BCUT2D eigenvalue weighted by Gasteiger charge is 2.44. The van der Waals surface area contributed by atoms with Gasteiger partial charge in [-0.15, -0.1) is 0 Å². The zero-order valence-electron chi connectivity index (χ0n) is 12.1. The minimum atomic E-state index is -4.07. The van der Waals surface area contributed by atoms with E-state index in [1.807, 2.05) is 0 Å². The number of benzene rings is 2. The zero-order valence-corrected chi connectivity index (χ0v) is 12.1. The molecular formula is C16H13F5NO. The van der Waals surface area contributed by atoms with E-state index in [0.717, 1.165) is 0 Å². The molecule has 0 aromatic heterocycles. The van der Waals surface area contributed by atoms with E-state index in [0.29, 0.717) is 17.7 Å². The Kier molecular flexibility index (Phi) is 4.89. The van der Waals surface area contributed by atoms with Gasteiger partial charge < -0.3 is 0 Å². The van der Waals surface area contributed by atoms with Crippen LogP contribution in [0.5, 0.6) is 0 Å². The molecule has 0 spiro atoms. The van der Waals surface area contributed by atoms with Crippen LogP contribution in [0.15, 0.2) is 36.4 Å². The molecule has 1 radical (unpaired) electrons. The van der Waals surface area contributed by atoms with Crippen LogP contribution in [0.3, 0.4) is 0 Å². The number of hydrogen-bond acceptors (Lipinski definition) is 2. The van der Waals surface area contributed by atoms with Gasteiger partial charge in [0, 0.05) is 0 Å². The van der Waals surface area contributed by atoms with Crippen LogP contribution < -0.4 is 5.06 Å². The van der Waals surface area contributed by atoms with Crippen LogP contribution in [0, 0.1) is 24.4 Å². The van der Waals surface area contributed by atoms with Crippen molar-refractivity contribution in [1.82, 2.24) is 0 Å². The van der Waals surface area contributed by atoms with Gasteiger partial charge in [-0.25, -0.2) is 13.2 Å². The number of anilines is 1. The van der Waals surface area contributed by atoms with Crippen molar-refractivity contribution >= 4 is 5.69 Å². The molecule has 0 unspecified atom stereocenters. The molecule has 0 fully saturated rings. The molecule has 0 aliphatic heterocycles. The SMILES string of the molecule is [CH2]c1cccc(N(OCC)C(F)(F)c2ccc(F)c(F)c2F)c1. The van der Waals surface area contributed by atoms with Crippen LogP contribution in [0.1, 0.15) is 18.1 Å². The molecule has 2 aromatic rings. The quantitative estimate of drug-likeness (QED) is 0.338. The van der Waals surface area contributed by atoms with Crippen LogP contribution in [-0.4, -0.2) is 6.61 Å². The predicted octanol–water partition coefficient (Wildman–Crippen LogP) is 4.79. The summed E-state index contributed by atoms with van der Waals surface area (Å²) < 4.78 is 69.3. The van der Waals surface area contributed by atoms with E-state index in [1.165, 1.54) is 25.1 Å². The van der Waals surface area contributed by atoms with Crippen LogP contribution in [0.25, 0.3) is 0 Å². The summed E-state index contributed by atoms with van der Waals surface area (Å²) in [6.45, 7) is 4.92. The van der Waals surface area contributed by atoms with Crippen molar-refractivity contribution in [2.75, 3.05) is 11.7 Å². The summed E-state index contributed by atoms with van der Waals surface area (Å²) >= 11 is 0. The fraction of sp³-hybridized carbons (Fsp3) is 0.188. The highest BCUT2D eigenvalue weighted by atomic mass is 19.3. The molecule has 23 heavy (non-hydrogen) atoms. The molecule has 2 nitrogen and oxygen atoms in total. The monoisotopic (exact) mass is 330 g/mol. The van der Waals surface area contributed by atoms with Gasteiger partial charge in [0.1, 0.15) is 0 Å². The Morgan fingerprint density at radius 1 is 1.09 bits per heavy atom. The van der Waals surface area contributed by atoms with Gasteiger partial charge in [0.25, 0.3) is 0 Å². The molecule has 0 atom stereocenters. The first kappa shape index (κ1) is 17.2. The third kappa shape index (κ3) is 3.29. The van der Waals surface area contributed by atoms with Crippen LogP contribution in [0.2, 0.25) is 0 Å². The van der Waals surface area contributed by atoms with Crippen LogP contribution in [0.4, 0.5) is 27.6 Å². The van der Waals surface area contributed by atoms with E-state index in [1.54, 1.807) is 6.07 Å². The van der Waals surface area contributed by atoms with Crippen molar-refractivity contribution in [3.63, 3.8) is 0 Å². The fourth-order valence-corrected chi connectivity index (χ4v) is 2.00. The van der Waals surface area contributed by atoms with Gasteiger partial charge in [0.15, 0.2) is 17.5 Å². The van der Waals surface area contributed by atoms with Gasteiger partial charge in [-0.3, -0.25) is 4.84 Å². The van der Waals surface area contributed by atoms with E-state index < -0.39 is 29.1 Å². The van der Waals surface area contributed by atoms with E-state index in [2.05, 4.69) is 6.92 Å². The fourth-order valence-electron chi connectivity index (χ4n) is 2.00. The van der Waals surface area contributed by atoms with Crippen molar-refractivity contribution in [2.24, 2.45) is 0 Å². The predicted molar refractivity (Wildman–Crippen MR) is 75.2 cm³/mol. The normalized spacial score (nSPS) is 11.6. The second-order valence-corrected chi connectivity index (χ2v) is 4.65. The summed E-state index contributed by atoms with van der Waals surface area (Å²) in [7, 11) is 0. The summed E-state index contributed by atoms with van der Waals surface area (Å²) in [5.74, 6) is -5.49. The van der Waals surface area contributed by atoms with Crippen molar-refractivity contribution in [1.29, 1.82) is 0 Å². The Morgan fingerprint density at radius 3 is 2.39 bits per heavy atom. The maximum Gasteiger partial charge on any atom is 0.377 e. The number of halogens is 5. The van der Waals surface area contributed by atoms with Gasteiger partial charge in [0.05, 0.1) is 17.9 Å². The summed E-state index contributed by atoms with van der Waals surface area (Å²) in [5.41, 5.74) is -1.01. The molecule has 7 heteroatoms. The molecule has 0 heterocycles. The largest absolute Gasteiger partial charge is 0.377 e. The van der Waals surface area contributed by atoms with Crippen molar-refractivity contribution in [2.45, 2.75) is 13.0 Å². The second kappa shape index (κ2) is 6.54. The Balaban J connectivity index is 2.55. The molecule has 0 saturated heterocycles. The first-order chi connectivity index (χ1) is 10.8. The van der Waals surface area contributed by atoms with Crippen molar-refractivity contribution < 1.29 is 26.8 Å². The lowest BCUT2D eigenvalue weighted by Gasteiger charge is -2.32. The van der Waals surface area contributed by atoms with Gasteiger partial charge >= 0.3 is 6.05 Å². The minimum Gasteiger partial charge on any atom is -0.268 e. The molecule has 2 rings (SSSR count). The first-order valence-corrected chi connectivity index (χ1v) is 6.66. The molecule has 2 aromatic carbocycles. The molecule has 0 bridgehead atoms. The van der Waals surface area contributed by atoms with E-state index in [9.17, 15) is 22.0 Å². The lowest BCUT2D eigenvalue weighted by atomic mass is 10.1. The summed E-state index contributed by atoms with van der Waals surface area (Å²) in [5, 5.41) is 0.150. The highest BCUT2D eigenvalue weighted by Crippen LogP contribution is 2.38. The zero-order chi connectivity index (χ0) is 17.2. The maximum absolute atomic E-state index is 14.6. The standard InChI is InChI=1S/C16H13F5NO/c1-3-23-22(11-6-4-5-10(2)9-11)16(20,21)12-7-8-13(17)15(19)14(12)18/h4-9H,2-3H2,1H3. The molecule has 0 N–H and O–H groups in total. The number of hydroxylamine groups is 1. The molecule has 0 saturated carbocycles. The topological polar surface area (TPSA) is 12.5 Å². The van der Waals surface area contributed by atoms with E-state index in [-0.39, 0.29) is 17.4 Å². The van der Waals surface area contributed by atoms with E-state index in [4.69, 9.17) is 4.84 Å². The first-order valence-electron chi connectivity index (χ1n) is 6.66. The lowest BCUT2D eigenvalue weighted by molar-refractivity contribution is -0.107. The Hall–Kier alpha value is -2.15. The molecule has 123 valence electrons. The van der Waals surface area contributed by atoms with Gasteiger partial charge in [-0.05, 0) is 43.7 Å². The van der Waals surface area contributed by atoms with E-state index >= 15 is 0 Å². The minimum absolute atomic E-state index is 0.103. The van der Waals surface area contributed by atoms with Gasteiger partial charge in [0.2, 0.25) is 0 Å². The lowest BCUT2D eigenvalue weighted by Crippen LogP contribution is -2.40. The second-order valence-electron chi connectivity index (χ2n) is 4.65. The summed E-state index contributed by atoms with van der Waals surface area (Å²) in [6.07, 6.45) is 0. The number of nitrogens with zero attached hydrogens (tertiary/aromatic N) is 1. The third-order valence-corrected chi connectivity index (χ3v) is 3.02. The van der Waals surface area contributed by atoms with Crippen molar-refractivity contribution in [3.05, 3.63) is 71.9 Å². The Morgan fingerprint density at radius 2 is 1.78 bits per heavy atom.